The predicted octanol–water partition coefficient (Wildman–Crippen LogP) is 2.59. The fourth-order valence-electron chi connectivity index (χ4n) is 3.37. The number of primary sulfonamides is 1. The Bertz CT molecular complexity index is 964. The quantitative estimate of drug-likeness (QED) is 0.296. The topological polar surface area (TPSA) is 99.8 Å². The van der Waals surface area contributed by atoms with E-state index in [9.17, 15) is 8.42 Å². The number of aryl methyl sites for hydroxylation is 1. The summed E-state index contributed by atoms with van der Waals surface area (Å²) in [5.74, 6) is 0.726. The molecule has 1 heterocycles. The van der Waals surface area contributed by atoms with Crippen LogP contribution < -0.4 is 20.7 Å². The Morgan fingerprint density at radius 2 is 1.97 bits per heavy atom. The number of nitrogens with one attached hydrogen (secondary N) is 2. The molecule has 1 unspecified atom stereocenters. The third-order valence-corrected chi connectivity index (χ3v) is 5.83. The van der Waals surface area contributed by atoms with Crippen LogP contribution in [-0.2, 0) is 16.6 Å². The van der Waals surface area contributed by atoms with Gasteiger partial charge in [-0.3, -0.25) is 0 Å². The van der Waals surface area contributed by atoms with E-state index >= 15 is 0 Å². The first-order chi connectivity index (χ1) is 13.8. The van der Waals surface area contributed by atoms with Crippen LogP contribution in [0, 0.1) is 6.92 Å². The van der Waals surface area contributed by atoms with Gasteiger partial charge in [-0.1, -0.05) is 29.8 Å². The zero-order valence-electron chi connectivity index (χ0n) is 17.3. The monoisotopic (exact) mass is 543 g/mol. The van der Waals surface area contributed by atoms with Crippen molar-refractivity contribution in [3.05, 3.63) is 59.7 Å². The highest BCUT2D eigenvalue weighted by Crippen LogP contribution is 2.20. The maximum absolute atomic E-state index is 11.5. The van der Waals surface area contributed by atoms with E-state index in [-0.39, 0.29) is 28.9 Å². The highest BCUT2D eigenvalue weighted by atomic mass is 127. The summed E-state index contributed by atoms with van der Waals surface area (Å²) in [4.78, 5) is 7.10. The molecule has 2 aromatic rings. The zero-order valence-corrected chi connectivity index (χ0v) is 20.5. The van der Waals surface area contributed by atoms with Gasteiger partial charge in [0.25, 0.3) is 0 Å². The highest BCUT2D eigenvalue weighted by Gasteiger charge is 2.23. The second-order valence-corrected chi connectivity index (χ2v) is 8.86. The molecule has 0 saturated carbocycles. The lowest BCUT2D eigenvalue weighted by molar-refractivity contribution is 0.597. The van der Waals surface area contributed by atoms with Crippen LogP contribution >= 0.6 is 24.0 Å². The van der Waals surface area contributed by atoms with Crippen molar-refractivity contribution in [3.8, 4) is 0 Å². The Balaban J connectivity index is 0.00000320. The third-order valence-electron chi connectivity index (χ3n) is 4.92. The zero-order chi connectivity index (χ0) is 20.9. The molecule has 1 saturated heterocycles. The summed E-state index contributed by atoms with van der Waals surface area (Å²) in [5.41, 5.74) is 3.29. The maximum atomic E-state index is 11.5. The Morgan fingerprint density at radius 3 is 2.63 bits per heavy atom. The summed E-state index contributed by atoms with van der Waals surface area (Å²) in [6.45, 7) is 7.14. The minimum atomic E-state index is -3.71. The van der Waals surface area contributed by atoms with E-state index in [4.69, 9.17) is 5.14 Å². The molecule has 0 aromatic heterocycles. The Kier molecular flexibility index (Phi) is 8.92. The number of nitrogens with zero attached hydrogens (tertiary/aromatic N) is 2. The van der Waals surface area contributed by atoms with Gasteiger partial charge in [-0.2, -0.15) is 0 Å². The van der Waals surface area contributed by atoms with Crippen LogP contribution in [0.3, 0.4) is 0 Å². The van der Waals surface area contributed by atoms with Gasteiger partial charge in [0, 0.05) is 31.4 Å². The van der Waals surface area contributed by atoms with Gasteiger partial charge in [-0.05, 0) is 50.1 Å². The molecule has 164 valence electrons. The Labute approximate surface area is 196 Å². The van der Waals surface area contributed by atoms with Crippen LogP contribution in [0.25, 0.3) is 0 Å². The minimum absolute atomic E-state index is 0. The van der Waals surface area contributed by atoms with Crippen molar-refractivity contribution in [2.75, 3.05) is 24.5 Å². The van der Waals surface area contributed by atoms with E-state index in [1.165, 1.54) is 17.3 Å². The van der Waals surface area contributed by atoms with Crippen LogP contribution in [0.5, 0.6) is 0 Å². The Morgan fingerprint density at radius 1 is 1.23 bits per heavy atom. The molecule has 1 atom stereocenters. The molecular formula is C21H30IN5O2S. The number of guanidine groups is 1. The van der Waals surface area contributed by atoms with Gasteiger partial charge in [-0.25, -0.2) is 18.5 Å². The van der Waals surface area contributed by atoms with E-state index in [1.807, 2.05) is 13.0 Å². The molecule has 0 bridgehead atoms. The first-order valence-corrected chi connectivity index (χ1v) is 11.4. The maximum Gasteiger partial charge on any atom is 0.238 e. The number of sulfonamides is 1. The first-order valence-electron chi connectivity index (χ1n) is 9.83. The van der Waals surface area contributed by atoms with Gasteiger partial charge in [0.2, 0.25) is 10.0 Å². The lowest BCUT2D eigenvalue weighted by Crippen LogP contribution is -2.44. The first kappa shape index (κ1) is 24.4. The van der Waals surface area contributed by atoms with Gasteiger partial charge in [-0.15, -0.1) is 24.0 Å². The average Bonchev–Trinajstić information content (AvgIpc) is 3.15. The molecule has 2 aromatic carbocycles. The summed E-state index contributed by atoms with van der Waals surface area (Å²) in [6.07, 6.45) is 1.03. The largest absolute Gasteiger partial charge is 0.369 e. The molecule has 30 heavy (non-hydrogen) atoms. The number of rotatable bonds is 6. The summed E-state index contributed by atoms with van der Waals surface area (Å²) in [7, 11) is -3.71. The van der Waals surface area contributed by atoms with E-state index < -0.39 is 10.0 Å². The van der Waals surface area contributed by atoms with E-state index in [1.54, 1.807) is 12.1 Å². The molecule has 1 aliphatic heterocycles. The summed E-state index contributed by atoms with van der Waals surface area (Å²) in [5, 5.41) is 12.0. The van der Waals surface area contributed by atoms with Gasteiger partial charge in [0.05, 0.1) is 11.4 Å². The SMILES string of the molecule is CCNC(=NCc1cccc(S(N)(=O)=O)c1)NC1CCN(c2ccc(C)cc2)C1.I. The summed E-state index contributed by atoms with van der Waals surface area (Å²) >= 11 is 0. The fourth-order valence-corrected chi connectivity index (χ4v) is 3.96. The molecule has 0 radical (unpaired) electrons. The number of benzene rings is 2. The van der Waals surface area contributed by atoms with Crippen molar-refractivity contribution in [2.24, 2.45) is 10.1 Å². The van der Waals surface area contributed by atoms with Crippen molar-refractivity contribution in [2.45, 2.75) is 37.8 Å². The van der Waals surface area contributed by atoms with Crippen LogP contribution in [0.15, 0.2) is 58.4 Å². The van der Waals surface area contributed by atoms with Crippen molar-refractivity contribution < 1.29 is 8.42 Å². The van der Waals surface area contributed by atoms with Crippen molar-refractivity contribution in [1.29, 1.82) is 0 Å². The van der Waals surface area contributed by atoms with Crippen molar-refractivity contribution in [3.63, 3.8) is 0 Å². The smallest absolute Gasteiger partial charge is 0.238 e. The molecule has 3 rings (SSSR count). The van der Waals surface area contributed by atoms with E-state index in [0.717, 1.165) is 37.6 Å². The Hall–Kier alpha value is -1.85. The van der Waals surface area contributed by atoms with Crippen molar-refractivity contribution in [1.82, 2.24) is 10.6 Å². The molecule has 1 aliphatic rings. The van der Waals surface area contributed by atoms with E-state index in [2.05, 4.69) is 51.7 Å². The van der Waals surface area contributed by atoms with Gasteiger partial charge in [0.15, 0.2) is 5.96 Å². The van der Waals surface area contributed by atoms with Gasteiger partial charge >= 0.3 is 0 Å². The number of halogens is 1. The molecule has 0 aliphatic carbocycles. The highest BCUT2D eigenvalue weighted by molar-refractivity contribution is 14.0. The molecule has 0 spiro atoms. The molecule has 9 heteroatoms. The fraction of sp³-hybridized carbons (Fsp3) is 0.381. The van der Waals surface area contributed by atoms with Crippen LogP contribution in [-0.4, -0.2) is 40.1 Å². The number of hydrogen-bond acceptors (Lipinski definition) is 4. The number of anilines is 1. The van der Waals surface area contributed by atoms with E-state index in [0.29, 0.717) is 12.6 Å². The lowest BCUT2D eigenvalue weighted by Gasteiger charge is -2.20. The summed E-state index contributed by atoms with van der Waals surface area (Å²) < 4.78 is 23.1. The molecule has 4 N–H and O–H groups in total. The third kappa shape index (κ3) is 6.85. The second kappa shape index (κ2) is 11.0. The lowest BCUT2D eigenvalue weighted by atomic mass is 10.2. The standard InChI is InChI=1S/C21H29N5O2S.HI/c1-3-23-21(24-14-17-5-4-6-20(13-17)29(22,27)28)25-18-11-12-26(15-18)19-9-7-16(2)8-10-19;/h4-10,13,18H,3,11-12,14-15H2,1-2H3,(H2,22,27,28)(H2,23,24,25);1H. The second-order valence-electron chi connectivity index (χ2n) is 7.30. The van der Waals surface area contributed by atoms with Gasteiger partial charge in [0.1, 0.15) is 0 Å². The minimum Gasteiger partial charge on any atom is -0.369 e. The van der Waals surface area contributed by atoms with Crippen LogP contribution in [0.4, 0.5) is 5.69 Å². The normalized spacial score (nSPS) is 16.8. The number of nitrogens with two attached hydrogens (primary N) is 1. The molecule has 7 nitrogen and oxygen atoms in total. The van der Waals surface area contributed by atoms with Crippen LogP contribution in [0.2, 0.25) is 0 Å². The number of hydrogen-bond donors (Lipinski definition) is 3. The average molecular weight is 543 g/mol. The number of aliphatic imine (C=N–C) groups is 1. The van der Waals surface area contributed by atoms with Crippen LogP contribution in [0.1, 0.15) is 24.5 Å². The van der Waals surface area contributed by atoms with Gasteiger partial charge < -0.3 is 15.5 Å². The molecule has 1 fully saturated rings. The summed E-state index contributed by atoms with van der Waals surface area (Å²) in [6, 6.07) is 15.5. The molecule has 0 amide bonds. The molecular weight excluding hydrogens is 513 g/mol. The predicted molar refractivity (Wildman–Crippen MR) is 133 cm³/mol. The van der Waals surface area contributed by atoms with Crippen molar-refractivity contribution >= 4 is 45.6 Å².